The molecule has 0 unspecified atom stereocenters. The average molecular weight is 293 g/mol. The Hall–Kier alpha value is -1.91. The molecule has 0 atom stereocenters. The summed E-state index contributed by atoms with van der Waals surface area (Å²) in [4.78, 5) is 14.0. The number of hydrogen-bond acceptors (Lipinski definition) is 4. The predicted molar refractivity (Wildman–Crippen MR) is 80.0 cm³/mol. The third kappa shape index (κ3) is 4.28. The quantitative estimate of drug-likeness (QED) is 0.836. The molecule has 2 rings (SSSR count). The van der Waals surface area contributed by atoms with E-state index in [1.54, 1.807) is 32.4 Å². The van der Waals surface area contributed by atoms with Gasteiger partial charge in [-0.25, -0.2) is 0 Å². The van der Waals surface area contributed by atoms with Crippen LogP contribution in [0.25, 0.3) is 0 Å². The third-order valence-corrected chi connectivity index (χ3v) is 3.82. The largest absolute Gasteiger partial charge is 0.496 e. The Morgan fingerprint density at radius 2 is 1.62 bits per heavy atom. The highest BCUT2D eigenvalue weighted by atomic mass is 16.5. The van der Waals surface area contributed by atoms with E-state index in [-0.39, 0.29) is 12.5 Å². The van der Waals surface area contributed by atoms with Gasteiger partial charge in [0.2, 0.25) is 0 Å². The van der Waals surface area contributed by atoms with Crippen LogP contribution in [0.4, 0.5) is 0 Å². The average Bonchev–Trinajstić information content (AvgIpc) is 2.52. The first-order valence-corrected chi connectivity index (χ1v) is 7.26. The van der Waals surface area contributed by atoms with Crippen molar-refractivity contribution in [2.45, 2.75) is 19.8 Å². The summed E-state index contributed by atoms with van der Waals surface area (Å²) < 4.78 is 15.9. The fraction of sp³-hybridized carbons (Fsp3) is 0.562. The number of benzene rings is 1. The number of nitrogens with zero attached hydrogens (tertiary/aromatic N) is 1. The number of methoxy groups -OCH3 is 2. The number of likely N-dealkylation sites (tertiary alicyclic amines) is 1. The smallest absolute Gasteiger partial charge is 0.260 e. The lowest BCUT2D eigenvalue weighted by atomic mass is 9.99. The standard InChI is InChI=1S/C16H23NO4/c1-12-4-6-17(7-5-12)16(18)11-21-15-9-13(19-2)8-14(10-15)20-3/h8-10,12H,4-7,11H2,1-3H3. The summed E-state index contributed by atoms with van der Waals surface area (Å²) in [6.07, 6.45) is 2.14. The highest BCUT2D eigenvalue weighted by Gasteiger charge is 2.20. The minimum atomic E-state index is 0.0312. The molecule has 0 saturated carbocycles. The van der Waals surface area contributed by atoms with Crippen molar-refractivity contribution in [3.63, 3.8) is 0 Å². The molecule has 1 fully saturated rings. The Bertz CT molecular complexity index is 459. The summed E-state index contributed by atoms with van der Waals surface area (Å²) in [6.45, 7) is 3.92. The minimum absolute atomic E-state index is 0.0312. The molecule has 5 nitrogen and oxygen atoms in total. The zero-order valence-electron chi connectivity index (χ0n) is 12.9. The Morgan fingerprint density at radius 3 is 2.14 bits per heavy atom. The summed E-state index contributed by atoms with van der Waals surface area (Å²) in [5.74, 6) is 2.60. The number of carbonyl (C=O) groups is 1. The van der Waals surface area contributed by atoms with Crippen LogP contribution in [0.1, 0.15) is 19.8 Å². The molecule has 1 amide bonds. The Balaban J connectivity index is 1.91. The first-order valence-electron chi connectivity index (χ1n) is 7.26. The van der Waals surface area contributed by atoms with Crippen molar-refractivity contribution in [3.8, 4) is 17.2 Å². The highest BCUT2D eigenvalue weighted by Crippen LogP contribution is 2.27. The fourth-order valence-electron chi connectivity index (χ4n) is 2.36. The lowest BCUT2D eigenvalue weighted by molar-refractivity contribution is -0.134. The number of hydrogen-bond donors (Lipinski definition) is 0. The van der Waals surface area contributed by atoms with Gasteiger partial charge in [-0.15, -0.1) is 0 Å². The van der Waals surface area contributed by atoms with Crippen LogP contribution in [-0.4, -0.2) is 44.7 Å². The topological polar surface area (TPSA) is 48.0 Å². The van der Waals surface area contributed by atoms with E-state index in [2.05, 4.69) is 6.92 Å². The fourth-order valence-corrected chi connectivity index (χ4v) is 2.36. The molecule has 1 saturated heterocycles. The van der Waals surface area contributed by atoms with Gasteiger partial charge >= 0.3 is 0 Å². The number of ether oxygens (including phenoxy) is 3. The molecule has 0 radical (unpaired) electrons. The van der Waals surface area contributed by atoms with Gasteiger partial charge in [0.25, 0.3) is 5.91 Å². The summed E-state index contributed by atoms with van der Waals surface area (Å²) >= 11 is 0. The maximum atomic E-state index is 12.1. The maximum absolute atomic E-state index is 12.1. The van der Waals surface area contributed by atoms with Crippen molar-refractivity contribution in [1.29, 1.82) is 0 Å². The van der Waals surface area contributed by atoms with Crippen LogP contribution in [-0.2, 0) is 4.79 Å². The van der Waals surface area contributed by atoms with E-state index in [0.29, 0.717) is 23.2 Å². The summed E-state index contributed by atoms with van der Waals surface area (Å²) in [5.41, 5.74) is 0. The SMILES string of the molecule is COc1cc(OC)cc(OCC(=O)N2CCC(C)CC2)c1. The van der Waals surface area contributed by atoms with Gasteiger partial charge in [-0.1, -0.05) is 6.92 Å². The van der Waals surface area contributed by atoms with E-state index in [1.807, 2.05) is 4.90 Å². The Kier molecular flexibility index (Phi) is 5.31. The molecule has 1 aromatic carbocycles. The van der Waals surface area contributed by atoms with Crippen molar-refractivity contribution in [1.82, 2.24) is 4.90 Å². The van der Waals surface area contributed by atoms with E-state index < -0.39 is 0 Å². The van der Waals surface area contributed by atoms with Crippen molar-refractivity contribution < 1.29 is 19.0 Å². The molecule has 0 N–H and O–H groups in total. The third-order valence-electron chi connectivity index (χ3n) is 3.82. The van der Waals surface area contributed by atoms with Crippen LogP contribution < -0.4 is 14.2 Å². The second-order valence-corrected chi connectivity index (χ2v) is 5.40. The van der Waals surface area contributed by atoms with Crippen molar-refractivity contribution in [2.75, 3.05) is 33.9 Å². The maximum Gasteiger partial charge on any atom is 0.260 e. The van der Waals surface area contributed by atoms with Crippen LogP contribution in [0.15, 0.2) is 18.2 Å². The normalized spacial score (nSPS) is 15.7. The molecule has 1 aromatic rings. The van der Waals surface area contributed by atoms with Crippen LogP contribution in [0.2, 0.25) is 0 Å². The summed E-state index contributed by atoms with van der Waals surface area (Å²) in [5, 5.41) is 0. The highest BCUT2D eigenvalue weighted by molar-refractivity contribution is 5.77. The van der Waals surface area contributed by atoms with E-state index in [4.69, 9.17) is 14.2 Å². The van der Waals surface area contributed by atoms with Gasteiger partial charge in [0.05, 0.1) is 14.2 Å². The number of amides is 1. The molecule has 0 bridgehead atoms. The zero-order valence-corrected chi connectivity index (χ0v) is 12.9. The van der Waals surface area contributed by atoms with Crippen LogP contribution in [0, 0.1) is 5.92 Å². The van der Waals surface area contributed by atoms with Crippen LogP contribution >= 0.6 is 0 Å². The van der Waals surface area contributed by atoms with Crippen molar-refractivity contribution in [2.24, 2.45) is 5.92 Å². The van der Waals surface area contributed by atoms with Gasteiger partial charge in [0.15, 0.2) is 6.61 Å². The van der Waals surface area contributed by atoms with E-state index >= 15 is 0 Å². The van der Waals surface area contributed by atoms with E-state index in [0.717, 1.165) is 25.9 Å². The molecule has 116 valence electrons. The van der Waals surface area contributed by atoms with Crippen molar-refractivity contribution >= 4 is 5.91 Å². The first-order chi connectivity index (χ1) is 10.1. The minimum Gasteiger partial charge on any atom is -0.496 e. The van der Waals surface area contributed by atoms with Gasteiger partial charge in [-0.3, -0.25) is 4.79 Å². The first kappa shape index (κ1) is 15.5. The van der Waals surface area contributed by atoms with Gasteiger partial charge in [-0.2, -0.15) is 0 Å². The van der Waals surface area contributed by atoms with E-state index in [1.165, 1.54) is 0 Å². The predicted octanol–water partition coefficient (Wildman–Crippen LogP) is 2.34. The number of carbonyl (C=O) groups excluding carboxylic acids is 1. The molecule has 5 heteroatoms. The molecule has 0 spiro atoms. The lowest BCUT2D eigenvalue weighted by Gasteiger charge is -2.30. The molecule has 0 aliphatic carbocycles. The molecule has 21 heavy (non-hydrogen) atoms. The van der Waals surface area contributed by atoms with Gasteiger partial charge < -0.3 is 19.1 Å². The number of piperidine rings is 1. The molecular formula is C16H23NO4. The number of rotatable bonds is 5. The zero-order chi connectivity index (χ0) is 15.2. The van der Waals surface area contributed by atoms with Crippen molar-refractivity contribution in [3.05, 3.63) is 18.2 Å². The summed E-state index contributed by atoms with van der Waals surface area (Å²) in [7, 11) is 3.16. The second kappa shape index (κ2) is 7.20. The van der Waals surface area contributed by atoms with Gasteiger partial charge in [0, 0.05) is 31.3 Å². The molecular weight excluding hydrogens is 270 g/mol. The Labute approximate surface area is 125 Å². The Morgan fingerprint density at radius 1 is 1.10 bits per heavy atom. The second-order valence-electron chi connectivity index (χ2n) is 5.40. The molecule has 0 aromatic heterocycles. The molecule has 1 aliphatic heterocycles. The van der Waals surface area contributed by atoms with Crippen LogP contribution in [0.5, 0.6) is 17.2 Å². The summed E-state index contributed by atoms with van der Waals surface area (Å²) in [6, 6.07) is 5.25. The van der Waals surface area contributed by atoms with E-state index in [9.17, 15) is 4.79 Å². The molecule has 1 heterocycles. The van der Waals surface area contributed by atoms with Gasteiger partial charge in [-0.05, 0) is 18.8 Å². The lowest BCUT2D eigenvalue weighted by Crippen LogP contribution is -2.40. The monoisotopic (exact) mass is 293 g/mol. The molecule has 1 aliphatic rings. The van der Waals surface area contributed by atoms with Gasteiger partial charge in [0.1, 0.15) is 17.2 Å². The van der Waals surface area contributed by atoms with Crippen LogP contribution in [0.3, 0.4) is 0 Å².